The van der Waals surface area contributed by atoms with Crippen LogP contribution < -0.4 is 15.4 Å². The third-order valence-electron chi connectivity index (χ3n) is 12.0. The molecule has 0 bridgehead atoms. The highest BCUT2D eigenvalue weighted by molar-refractivity contribution is 7.89. The van der Waals surface area contributed by atoms with Crippen LogP contribution in [0.15, 0.2) is 103 Å². The first-order valence-corrected chi connectivity index (χ1v) is 23.4. The number of nitrogens with one attached hydrogen (secondary N) is 4. The molecule has 2 aliphatic heterocycles. The molecule has 0 spiro atoms. The van der Waals surface area contributed by atoms with Gasteiger partial charge in [0.2, 0.25) is 10.0 Å². The van der Waals surface area contributed by atoms with Crippen LogP contribution in [0.4, 0.5) is 0 Å². The highest BCUT2D eigenvalue weighted by atomic mass is 32.2. The Balaban J connectivity index is 0.000000189. The number of H-pyrrole nitrogens is 2. The first-order valence-electron chi connectivity index (χ1n) is 21.9. The second-order valence-electron chi connectivity index (χ2n) is 16.3. The van der Waals surface area contributed by atoms with E-state index in [1.165, 1.54) is 6.20 Å². The second-order valence-corrected chi connectivity index (χ2v) is 18.2. The number of pyridine rings is 3. The van der Waals surface area contributed by atoms with Gasteiger partial charge in [-0.15, -0.1) is 0 Å². The Labute approximate surface area is 368 Å². The van der Waals surface area contributed by atoms with Crippen LogP contribution in [0.5, 0.6) is 5.75 Å². The number of piperidine rings is 2. The summed E-state index contributed by atoms with van der Waals surface area (Å²) in [5.74, 6) is 1.77. The normalized spacial score (nSPS) is 15.2. The average molecular weight is 876 g/mol. The number of hydrogen-bond acceptors (Lipinski definition) is 9. The van der Waals surface area contributed by atoms with E-state index in [9.17, 15) is 22.8 Å². The third kappa shape index (κ3) is 12.1. The lowest BCUT2D eigenvalue weighted by atomic mass is 9.91. The SMILES string of the molecule is COc1cccc(C(=O)N2CCC(CCCCNC(=O)c3cc4cnccc4[nH]3)CC2)c1.O=C(NCCCCC1CCN(S(=O)(=O)c2cccnc2)CC1)c1cc2cnccc2[nH]1. The van der Waals surface area contributed by atoms with E-state index in [1.54, 1.807) is 60.6 Å². The van der Waals surface area contributed by atoms with Gasteiger partial charge in [-0.2, -0.15) is 4.31 Å². The molecule has 0 saturated carbocycles. The van der Waals surface area contributed by atoms with Crippen LogP contribution in [0.1, 0.15) is 95.5 Å². The lowest BCUT2D eigenvalue weighted by Gasteiger charge is -2.32. The third-order valence-corrected chi connectivity index (χ3v) is 13.9. The van der Waals surface area contributed by atoms with Crippen molar-refractivity contribution < 1.29 is 27.5 Å². The van der Waals surface area contributed by atoms with Crippen LogP contribution in [0.3, 0.4) is 0 Å². The minimum absolute atomic E-state index is 0.0782. The van der Waals surface area contributed by atoms with E-state index in [0.717, 1.165) is 99.1 Å². The predicted octanol–water partition coefficient (Wildman–Crippen LogP) is 6.98. The number of carbonyl (C=O) groups is 3. The molecule has 7 heterocycles. The fraction of sp³-hybridized carbons (Fsp3) is 0.404. The second kappa shape index (κ2) is 21.8. The molecule has 0 aliphatic carbocycles. The maximum Gasteiger partial charge on any atom is 0.267 e. The first kappa shape index (κ1) is 44.9. The number of likely N-dealkylation sites (tertiary alicyclic amines) is 1. The summed E-state index contributed by atoms with van der Waals surface area (Å²) in [7, 11) is -1.83. The van der Waals surface area contributed by atoms with E-state index in [4.69, 9.17) is 4.74 Å². The Kier molecular flexibility index (Phi) is 15.5. The summed E-state index contributed by atoms with van der Waals surface area (Å²) in [5.41, 5.74) is 3.62. The minimum Gasteiger partial charge on any atom is -0.497 e. The van der Waals surface area contributed by atoms with E-state index < -0.39 is 10.0 Å². The number of nitrogens with zero attached hydrogens (tertiary/aromatic N) is 5. The Morgan fingerprint density at radius 1 is 0.683 bits per heavy atom. The largest absolute Gasteiger partial charge is 0.497 e. The fourth-order valence-electron chi connectivity index (χ4n) is 8.35. The van der Waals surface area contributed by atoms with Crippen LogP contribution in [-0.2, 0) is 10.0 Å². The smallest absolute Gasteiger partial charge is 0.267 e. The number of aromatic nitrogens is 5. The van der Waals surface area contributed by atoms with E-state index >= 15 is 0 Å². The van der Waals surface area contributed by atoms with Gasteiger partial charge in [-0.25, -0.2) is 8.42 Å². The number of fused-ring (bicyclic) bond motifs is 2. The van der Waals surface area contributed by atoms with E-state index in [1.807, 2.05) is 47.4 Å². The van der Waals surface area contributed by atoms with Crippen molar-refractivity contribution in [3.8, 4) is 5.75 Å². The predicted molar refractivity (Wildman–Crippen MR) is 242 cm³/mol. The standard InChI is InChI=1S/C25H30N4O3.C22H27N5O3S/c1-32-21-7-4-6-19(15-21)25(31)29-13-9-18(10-14-29)5-2-3-11-27-24(30)23-16-20-17-26-12-8-22(20)28-23;28-22(21-14-18-15-24-11-6-20(18)26-21)25-10-2-1-4-17-7-12-27(13-8-17)31(29,30)19-5-3-9-23-16-19/h4,6-8,12,15-18,28H,2-3,5,9-11,13-14H2,1H3,(H,27,30);3,5-6,9,11,14-17,26H,1-2,4,7-8,10,12-13H2,(H,25,28). The molecule has 332 valence electrons. The number of aromatic amines is 2. The zero-order valence-corrected chi connectivity index (χ0v) is 36.6. The van der Waals surface area contributed by atoms with Gasteiger partial charge in [0, 0.05) is 104 Å². The van der Waals surface area contributed by atoms with Crippen molar-refractivity contribution >= 4 is 49.6 Å². The van der Waals surface area contributed by atoms with Gasteiger partial charge in [0.25, 0.3) is 17.7 Å². The van der Waals surface area contributed by atoms with Crippen molar-refractivity contribution in [3.63, 3.8) is 0 Å². The first-order chi connectivity index (χ1) is 30.7. The quantitative estimate of drug-likeness (QED) is 0.0742. The number of unbranched alkanes of at least 4 members (excludes halogenated alkanes) is 2. The molecule has 2 aliphatic rings. The summed E-state index contributed by atoms with van der Waals surface area (Å²) >= 11 is 0. The highest BCUT2D eigenvalue weighted by Gasteiger charge is 2.29. The summed E-state index contributed by atoms with van der Waals surface area (Å²) in [6.07, 6.45) is 19.8. The van der Waals surface area contributed by atoms with Gasteiger partial charge < -0.3 is 30.2 Å². The van der Waals surface area contributed by atoms with Crippen molar-refractivity contribution in [2.75, 3.05) is 46.4 Å². The number of ether oxygens (including phenoxy) is 1. The summed E-state index contributed by atoms with van der Waals surface area (Å²) in [5, 5.41) is 7.81. The van der Waals surface area contributed by atoms with E-state index in [-0.39, 0.29) is 22.6 Å². The Morgan fingerprint density at radius 3 is 1.76 bits per heavy atom. The molecule has 3 amide bonds. The van der Waals surface area contributed by atoms with Gasteiger partial charge in [0.1, 0.15) is 22.0 Å². The molecule has 8 rings (SSSR count). The number of benzene rings is 1. The van der Waals surface area contributed by atoms with Gasteiger partial charge in [0.15, 0.2) is 0 Å². The van der Waals surface area contributed by atoms with Crippen LogP contribution in [-0.4, -0.2) is 107 Å². The maximum absolute atomic E-state index is 12.7. The van der Waals surface area contributed by atoms with Crippen molar-refractivity contribution in [2.24, 2.45) is 11.8 Å². The molecule has 2 saturated heterocycles. The molecule has 6 aromatic rings. The number of sulfonamides is 1. The Hall–Kier alpha value is -6.13. The molecule has 5 aromatic heterocycles. The van der Waals surface area contributed by atoms with Crippen molar-refractivity contribution in [1.29, 1.82) is 0 Å². The highest BCUT2D eigenvalue weighted by Crippen LogP contribution is 2.27. The monoisotopic (exact) mass is 875 g/mol. The van der Waals surface area contributed by atoms with Gasteiger partial charge in [-0.3, -0.25) is 29.3 Å². The number of carbonyl (C=O) groups excluding carboxylic acids is 3. The summed E-state index contributed by atoms with van der Waals surface area (Å²) in [6.45, 7) is 3.99. The number of hydrogen-bond donors (Lipinski definition) is 4. The fourth-order valence-corrected chi connectivity index (χ4v) is 9.78. The van der Waals surface area contributed by atoms with Gasteiger partial charge in [-0.1, -0.05) is 31.7 Å². The van der Waals surface area contributed by atoms with Crippen molar-refractivity contribution in [2.45, 2.75) is 69.1 Å². The lowest BCUT2D eigenvalue weighted by Crippen LogP contribution is -2.38. The van der Waals surface area contributed by atoms with Crippen LogP contribution in [0.25, 0.3) is 21.8 Å². The summed E-state index contributed by atoms with van der Waals surface area (Å²) in [6, 6.07) is 17.9. The summed E-state index contributed by atoms with van der Waals surface area (Å²) in [4.78, 5) is 57.9. The number of rotatable bonds is 16. The van der Waals surface area contributed by atoms with Crippen molar-refractivity contribution in [1.82, 2.24) is 44.8 Å². The molecule has 2 fully saturated rings. The molecular weight excluding hydrogens is 819 g/mol. The van der Waals surface area contributed by atoms with Gasteiger partial charge >= 0.3 is 0 Å². The van der Waals surface area contributed by atoms with Crippen molar-refractivity contribution in [3.05, 3.63) is 115 Å². The minimum atomic E-state index is -3.44. The molecule has 1 aromatic carbocycles. The van der Waals surface area contributed by atoms with Crippen LogP contribution >= 0.6 is 0 Å². The average Bonchev–Trinajstić information content (AvgIpc) is 3.98. The molecule has 15 nitrogen and oxygen atoms in total. The van der Waals surface area contributed by atoms with Crippen LogP contribution in [0.2, 0.25) is 0 Å². The summed E-state index contributed by atoms with van der Waals surface area (Å²) < 4.78 is 32.1. The van der Waals surface area contributed by atoms with Gasteiger partial charge in [0.05, 0.1) is 7.11 Å². The number of amides is 3. The molecule has 0 atom stereocenters. The lowest BCUT2D eigenvalue weighted by molar-refractivity contribution is 0.0685. The number of methoxy groups -OCH3 is 1. The molecule has 0 unspecified atom stereocenters. The van der Waals surface area contributed by atoms with E-state index in [2.05, 4.69) is 35.6 Å². The van der Waals surface area contributed by atoms with Gasteiger partial charge in [-0.05, 0) is 105 Å². The van der Waals surface area contributed by atoms with Crippen LogP contribution in [0, 0.1) is 11.8 Å². The molecular formula is C47H57N9O6S. The molecule has 16 heteroatoms. The zero-order valence-electron chi connectivity index (χ0n) is 35.8. The molecule has 63 heavy (non-hydrogen) atoms. The van der Waals surface area contributed by atoms with E-state index in [0.29, 0.717) is 60.7 Å². The molecule has 4 N–H and O–H groups in total. The Bertz CT molecular complexity index is 2480. The maximum atomic E-state index is 12.7. The Morgan fingerprint density at radius 2 is 1.24 bits per heavy atom. The molecule has 0 radical (unpaired) electrons. The zero-order chi connectivity index (χ0) is 44.0. The topological polar surface area (TPSA) is 195 Å².